The minimum atomic E-state index is -0.0571. The van der Waals surface area contributed by atoms with Crippen molar-refractivity contribution in [1.82, 2.24) is 9.55 Å². The Kier molecular flexibility index (Phi) is 4.37. The molecule has 0 aliphatic rings. The summed E-state index contributed by atoms with van der Waals surface area (Å²) in [5.74, 6) is 0.851. The van der Waals surface area contributed by atoms with Crippen LogP contribution in [0.15, 0.2) is 34.0 Å². The van der Waals surface area contributed by atoms with Gasteiger partial charge in [0.25, 0.3) is 5.56 Å². The van der Waals surface area contributed by atoms with Crippen LogP contribution in [0.5, 0.6) is 0 Å². The van der Waals surface area contributed by atoms with Gasteiger partial charge >= 0.3 is 0 Å². The molecule has 0 amide bonds. The molecule has 2 rings (SSSR count). The number of aromatic nitrogens is 2. The third kappa shape index (κ3) is 3.44. The van der Waals surface area contributed by atoms with E-state index < -0.39 is 0 Å². The minimum absolute atomic E-state index is 0.0571. The van der Waals surface area contributed by atoms with Crippen molar-refractivity contribution >= 4 is 17.2 Å². The van der Waals surface area contributed by atoms with Gasteiger partial charge in [0.15, 0.2) is 5.82 Å². The lowest BCUT2D eigenvalue weighted by atomic mass is 10.2. The fraction of sp³-hybridized carbons (Fsp3) is 0.429. The Morgan fingerprint density at radius 1 is 1.42 bits per heavy atom. The Hall–Kier alpha value is -1.62. The highest BCUT2D eigenvalue weighted by molar-refractivity contribution is 7.07. The van der Waals surface area contributed by atoms with Crippen molar-refractivity contribution in [2.24, 2.45) is 5.92 Å². The molecule has 0 aliphatic carbocycles. The molecule has 2 heterocycles. The monoisotopic (exact) mass is 277 g/mol. The smallest absolute Gasteiger partial charge is 0.293 e. The van der Waals surface area contributed by atoms with Crippen LogP contribution in [0, 0.1) is 5.92 Å². The van der Waals surface area contributed by atoms with Crippen LogP contribution in [0.25, 0.3) is 0 Å². The van der Waals surface area contributed by atoms with Crippen molar-refractivity contribution < 1.29 is 0 Å². The second-order valence-electron chi connectivity index (χ2n) is 5.05. The zero-order valence-electron chi connectivity index (χ0n) is 11.5. The van der Waals surface area contributed by atoms with Gasteiger partial charge in [-0.2, -0.15) is 11.3 Å². The molecule has 0 saturated heterocycles. The molecule has 0 bridgehead atoms. The van der Waals surface area contributed by atoms with Gasteiger partial charge in [0, 0.05) is 18.9 Å². The first-order valence-electron chi connectivity index (χ1n) is 6.42. The third-order valence-corrected chi connectivity index (χ3v) is 3.57. The van der Waals surface area contributed by atoms with Gasteiger partial charge in [-0.15, -0.1) is 0 Å². The van der Waals surface area contributed by atoms with E-state index in [1.165, 1.54) is 5.56 Å². The van der Waals surface area contributed by atoms with E-state index in [1.54, 1.807) is 28.3 Å². The summed E-state index contributed by atoms with van der Waals surface area (Å²) in [5.41, 5.74) is 1.11. The first-order valence-corrected chi connectivity index (χ1v) is 7.36. The topological polar surface area (TPSA) is 46.9 Å². The number of nitrogens with one attached hydrogen (secondary N) is 1. The van der Waals surface area contributed by atoms with E-state index in [0.29, 0.717) is 18.3 Å². The number of thiophene rings is 1. The Balaban J connectivity index is 2.19. The molecule has 102 valence electrons. The van der Waals surface area contributed by atoms with Gasteiger partial charge < -0.3 is 9.88 Å². The van der Waals surface area contributed by atoms with Gasteiger partial charge in [-0.1, -0.05) is 13.8 Å². The maximum atomic E-state index is 12.3. The van der Waals surface area contributed by atoms with Gasteiger partial charge in [-0.3, -0.25) is 4.79 Å². The molecule has 1 unspecified atom stereocenters. The number of hydrogen-bond acceptors (Lipinski definition) is 4. The Bertz CT molecular complexity index is 575. The second-order valence-corrected chi connectivity index (χ2v) is 5.83. The lowest BCUT2D eigenvalue weighted by Gasteiger charge is -2.14. The molecular formula is C14H19N3OS. The van der Waals surface area contributed by atoms with E-state index in [-0.39, 0.29) is 11.6 Å². The molecule has 0 aromatic carbocycles. The van der Waals surface area contributed by atoms with Crippen LogP contribution < -0.4 is 10.9 Å². The van der Waals surface area contributed by atoms with Gasteiger partial charge in [-0.05, 0) is 35.2 Å². The zero-order chi connectivity index (χ0) is 13.8. The molecule has 2 aromatic heterocycles. The predicted octanol–water partition coefficient (Wildman–Crippen LogP) is 3.13. The Morgan fingerprint density at radius 2 is 2.21 bits per heavy atom. The Morgan fingerprint density at radius 3 is 2.84 bits per heavy atom. The molecule has 5 heteroatoms. The molecule has 4 nitrogen and oxygen atoms in total. The Labute approximate surface area is 117 Å². The molecule has 0 saturated carbocycles. The van der Waals surface area contributed by atoms with Gasteiger partial charge in [-0.25, -0.2) is 4.98 Å². The summed E-state index contributed by atoms with van der Waals surface area (Å²) in [6.45, 7) is 6.92. The molecule has 1 atom stereocenters. The standard InChI is InChI=1S/C14H19N3OS/c1-10(2)8-17-6-5-15-13(14(17)18)16-11(3)12-4-7-19-9-12/h4-7,9-11H,8H2,1-3H3,(H,15,16). The molecule has 0 radical (unpaired) electrons. The van der Waals surface area contributed by atoms with Gasteiger partial charge in [0.05, 0.1) is 6.04 Å². The lowest BCUT2D eigenvalue weighted by molar-refractivity contribution is 0.509. The normalized spacial score (nSPS) is 12.6. The maximum Gasteiger partial charge on any atom is 0.293 e. The highest BCUT2D eigenvalue weighted by Crippen LogP contribution is 2.18. The van der Waals surface area contributed by atoms with Crippen LogP contribution in [0.3, 0.4) is 0 Å². The molecule has 19 heavy (non-hydrogen) atoms. The summed E-state index contributed by atoms with van der Waals surface area (Å²) in [6.07, 6.45) is 3.41. The third-order valence-electron chi connectivity index (χ3n) is 2.87. The summed E-state index contributed by atoms with van der Waals surface area (Å²) in [4.78, 5) is 16.4. The van der Waals surface area contributed by atoms with Crippen molar-refractivity contribution in [3.05, 3.63) is 45.1 Å². The molecular weight excluding hydrogens is 258 g/mol. The van der Waals surface area contributed by atoms with Crippen molar-refractivity contribution in [1.29, 1.82) is 0 Å². The van der Waals surface area contributed by atoms with Crippen molar-refractivity contribution in [3.63, 3.8) is 0 Å². The van der Waals surface area contributed by atoms with Crippen LogP contribution in [-0.4, -0.2) is 9.55 Å². The second kappa shape index (κ2) is 6.02. The van der Waals surface area contributed by atoms with E-state index in [1.807, 2.05) is 12.3 Å². The van der Waals surface area contributed by atoms with Crippen molar-refractivity contribution in [2.45, 2.75) is 33.4 Å². The number of nitrogens with zero attached hydrogens (tertiary/aromatic N) is 2. The van der Waals surface area contributed by atoms with E-state index in [9.17, 15) is 4.79 Å². The van der Waals surface area contributed by atoms with E-state index in [4.69, 9.17) is 0 Å². The first kappa shape index (κ1) is 13.8. The number of rotatable bonds is 5. The lowest BCUT2D eigenvalue weighted by Crippen LogP contribution is -2.26. The quantitative estimate of drug-likeness (QED) is 0.913. The zero-order valence-corrected chi connectivity index (χ0v) is 12.3. The summed E-state index contributed by atoms with van der Waals surface area (Å²) >= 11 is 1.65. The van der Waals surface area contributed by atoms with E-state index in [0.717, 1.165) is 0 Å². The van der Waals surface area contributed by atoms with Crippen LogP contribution in [-0.2, 0) is 6.54 Å². The SMILES string of the molecule is CC(C)Cn1ccnc(NC(C)c2ccsc2)c1=O. The minimum Gasteiger partial charge on any atom is -0.359 e. The predicted molar refractivity (Wildman–Crippen MR) is 79.7 cm³/mol. The first-order chi connectivity index (χ1) is 9.08. The van der Waals surface area contributed by atoms with Crippen LogP contribution in [0.2, 0.25) is 0 Å². The highest BCUT2D eigenvalue weighted by atomic mass is 32.1. The average Bonchev–Trinajstić information content (AvgIpc) is 2.87. The summed E-state index contributed by atoms with van der Waals surface area (Å²) in [6, 6.07) is 2.14. The number of hydrogen-bond donors (Lipinski definition) is 1. The summed E-state index contributed by atoms with van der Waals surface area (Å²) in [5, 5.41) is 7.30. The molecule has 0 aliphatic heterocycles. The van der Waals surface area contributed by atoms with Crippen LogP contribution >= 0.6 is 11.3 Å². The van der Waals surface area contributed by atoms with E-state index >= 15 is 0 Å². The van der Waals surface area contributed by atoms with Crippen LogP contribution in [0.1, 0.15) is 32.4 Å². The summed E-state index contributed by atoms with van der Waals surface area (Å²) < 4.78 is 1.71. The van der Waals surface area contributed by atoms with Crippen molar-refractivity contribution in [2.75, 3.05) is 5.32 Å². The molecule has 2 aromatic rings. The maximum absolute atomic E-state index is 12.3. The average molecular weight is 277 g/mol. The molecule has 1 N–H and O–H groups in total. The van der Waals surface area contributed by atoms with Crippen molar-refractivity contribution in [3.8, 4) is 0 Å². The molecule has 0 spiro atoms. The number of anilines is 1. The van der Waals surface area contributed by atoms with Gasteiger partial charge in [0.1, 0.15) is 0 Å². The largest absolute Gasteiger partial charge is 0.359 e. The fourth-order valence-electron chi connectivity index (χ4n) is 1.89. The van der Waals surface area contributed by atoms with Crippen LogP contribution in [0.4, 0.5) is 5.82 Å². The highest BCUT2D eigenvalue weighted by Gasteiger charge is 2.10. The fourth-order valence-corrected chi connectivity index (χ4v) is 2.65. The van der Waals surface area contributed by atoms with E-state index in [2.05, 4.69) is 35.6 Å². The van der Waals surface area contributed by atoms with Gasteiger partial charge in [0.2, 0.25) is 0 Å². The summed E-state index contributed by atoms with van der Waals surface area (Å²) in [7, 11) is 0. The molecule has 0 fully saturated rings.